The molecule has 1 rings (SSSR count). The summed E-state index contributed by atoms with van der Waals surface area (Å²) in [6, 6.07) is 0. The largest absolute Gasteiger partial charge is 0.381 e. The highest BCUT2D eigenvalue weighted by Gasteiger charge is 2.47. The molecule has 1 saturated carbocycles. The van der Waals surface area contributed by atoms with Gasteiger partial charge in [-0.2, -0.15) is 0 Å². The first-order valence-corrected chi connectivity index (χ1v) is 6.70. The molecule has 0 atom stereocenters. The number of rotatable bonds is 8. The van der Waals surface area contributed by atoms with E-state index in [1.54, 1.807) is 7.11 Å². The highest BCUT2D eigenvalue weighted by molar-refractivity contribution is 5.04. The minimum absolute atomic E-state index is 0.201. The Morgan fingerprint density at radius 3 is 2.29 bits per heavy atom. The minimum atomic E-state index is 0.201. The predicted molar refractivity (Wildman–Crippen MR) is 72.2 cm³/mol. The van der Waals surface area contributed by atoms with Crippen molar-refractivity contribution in [1.82, 2.24) is 9.80 Å². The van der Waals surface area contributed by atoms with Crippen molar-refractivity contribution in [2.45, 2.75) is 37.8 Å². The Balaban J connectivity index is 2.55. The minimum Gasteiger partial charge on any atom is -0.381 e. The van der Waals surface area contributed by atoms with E-state index in [0.717, 1.165) is 39.0 Å². The van der Waals surface area contributed by atoms with E-state index in [1.165, 1.54) is 6.42 Å². The van der Waals surface area contributed by atoms with E-state index in [1.807, 2.05) is 0 Å². The number of nitrogens with zero attached hydrogens (tertiary/aromatic N) is 2. The van der Waals surface area contributed by atoms with Gasteiger partial charge in [-0.05, 0) is 39.9 Å². The van der Waals surface area contributed by atoms with Crippen LogP contribution in [0.1, 0.15) is 26.2 Å². The molecule has 1 aliphatic carbocycles. The van der Waals surface area contributed by atoms with Gasteiger partial charge in [0, 0.05) is 32.3 Å². The van der Waals surface area contributed by atoms with Gasteiger partial charge in [-0.1, -0.05) is 6.92 Å². The summed E-state index contributed by atoms with van der Waals surface area (Å²) < 4.78 is 5.40. The van der Waals surface area contributed by atoms with Crippen LogP contribution in [0.3, 0.4) is 0 Å². The third-order valence-corrected chi connectivity index (χ3v) is 3.91. The fraction of sp³-hybridized carbons (Fsp3) is 1.00. The van der Waals surface area contributed by atoms with Crippen molar-refractivity contribution in [3.8, 4) is 0 Å². The Morgan fingerprint density at radius 1 is 1.24 bits per heavy atom. The van der Waals surface area contributed by atoms with Crippen LogP contribution in [-0.2, 0) is 4.74 Å². The Bertz CT molecular complexity index is 215. The molecule has 0 unspecified atom stereocenters. The smallest absolute Gasteiger partial charge is 0.0607 e. The van der Waals surface area contributed by atoms with Crippen LogP contribution in [0.5, 0.6) is 0 Å². The number of nitrogens with two attached hydrogens (primary N) is 1. The summed E-state index contributed by atoms with van der Waals surface area (Å²) in [6.45, 7) is 6.33. The van der Waals surface area contributed by atoms with Crippen LogP contribution in [0, 0.1) is 0 Å². The maximum absolute atomic E-state index is 6.01. The van der Waals surface area contributed by atoms with Crippen molar-refractivity contribution in [2.24, 2.45) is 5.73 Å². The van der Waals surface area contributed by atoms with E-state index >= 15 is 0 Å². The molecule has 17 heavy (non-hydrogen) atoms. The van der Waals surface area contributed by atoms with Gasteiger partial charge in [0.2, 0.25) is 0 Å². The van der Waals surface area contributed by atoms with E-state index in [2.05, 4.69) is 30.8 Å². The maximum atomic E-state index is 6.01. The second-order valence-corrected chi connectivity index (χ2v) is 5.48. The molecule has 0 radical (unpaired) electrons. The molecule has 4 heteroatoms. The number of ether oxygens (including phenoxy) is 1. The first-order chi connectivity index (χ1) is 8.07. The normalized spacial score (nSPS) is 28.8. The standard InChI is InChI=1S/C13H29N3O/c1-5-6-16(8-7-15(2)3)13(11-14)9-12(10-13)17-4/h12H,5-11,14H2,1-4H3. The number of methoxy groups -OCH3 is 1. The third-order valence-electron chi connectivity index (χ3n) is 3.91. The Morgan fingerprint density at radius 2 is 1.88 bits per heavy atom. The fourth-order valence-corrected chi connectivity index (χ4v) is 2.69. The van der Waals surface area contributed by atoms with Crippen LogP contribution in [0.4, 0.5) is 0 Å². The van der Waals surface area contributed by atoms with Crippen molar-refractivity contribution >= 4 is 0 Å². The lowest BCUT2D eigenvalue weighted by molar-refractivity contribution is -0.0882. The molecule has 1 fully saturated rings. The van der Waals surface area contributed by atoms with E-state index in [4.69, 9.17) is 10.5 Å². The Hall–Kier alpha value is -0.160. The van der Waals surface area contributed by atoms with E-state index in [-0.39, 0.29) is 5.54 Å². The molecular weight excluding hydrogens is 214 g/mol. The molecule has 0 aromatic rings. The zero-order valence-electron chi connectivity index (χ0n) is 11.9. The lowest BCUT2D eigenvalue weighted by atomic mass is 9.72. The fourth-order valence-electron chi connectivity index (χ4n) is 2.69. The molecule has 0 saturated heterocycles. The van der Waals surface area contributed by atoms with Crippen molar-refractivity contribution in [2.75, 3.05) is 47.4 Å². The summed E-state index contributed by atoms with van der Waals surface area (Å²) in [7, 11) is 6.05. The van der Waals surface area contributed by atoms with Gasteiger partial charge in [-0.3, -0.25) is 4.90 Å². The summed E-state index contributed by atoms with van der Waals surface area (Å²) in [5.74, 6) is 0. The SMILES string of the molecule is CCCN(CCN(C)C)C1(CN)CC(OC)C1. The van der Waals surface area contributed by atoms with Gasteiger partial charge in [-0.15, -0.1) is 0 Å². The first-order valence-electron chi connectivity index (χ1n) is 6.70. The van der Waals surface area contributed by atoms with Crippen LogP contribution in [0.25, 0.3) is 0 Å². The average molecular weight is 243 g/mol. The number of likely N-dealkylation sites (N-methyl/N-ethyl adjacent to an activating group) is 1. The molecule has 0 aromatic heterocycles. The third kappa shape index (κ3) is 3.65. The van der Waals surface area contributed by atoms with E-state index in [9.17, 15) is 0 Å². The zero-order chi connectivity index (χ0) is 12.9. The van der Waals surface area contributed by atoms with Gasteiger partial charge in [0.1, 0.15) is 0 Å². The van der Waals surface area contributed by atoms with Crippen LogP contribution < -0.4 is 5.73 Å². The van der Waals surface area contributed by atoms with Crippen molar-refractivity contribution < 1.29 is 4.74 Å². The monoisotopic (exact) mass is 243 g/mol. The van der Waals surface area contributed by atoms with Crippen molar-refractivity contribution in [3.63, 3.8) is 0 Å². The van der Waals surface area contributed by atoms with Crippen molar-refractivity contribution in [1.29, 1.82) is 0 Å². The van der Waals surface area contributed by atoms with Gasteiger partial charge in [0.15, 0.2) is 0 Å². The molecule has 0 amide bonds. The van der Waals surface area contributed by atoms with Gasteiger partial charge >= 0.3 is 0 Å². The predicted octanol–water partition coefficient (Wildman–Crippen LogP) is 0.766. The Kier molecular flexibility index (Phi) is 5.86. The molecule has 2 N–H and O–H groups in total. The highest BCUT2D eigenvalue weighted by Crippen LogP contribution is 2.38. The molecule has 0 aromatic carbocycles. The topological polar surface area (TPSA) is 41.7 Å². The highest BCUT2D eigenvalue weighted by atomic mass is 16.5. The molecule has 102 valence electrons. The first kappa shape index (κ1) is 14.9. The second-order valence-electron chi connectivity index (χ2n) is 5.48. The Labute approximate surface area is 106 Å². The van der Waals surface area contributed by atoms with E-state index in [0.29, 0.717) is 6.10 Å². The second kappa shape index (κ2) is 6.69. The summed E-state index contributed by atoms with van der Waals surface area (Å²) in [6.07, 6.45) is 3.78. The maximum Gasteiger partial charge on any atom is 0.0607 e. The van der Waals surface area contributed by atoms with E-state index < -0.39 is 0 Å². The average Bonchev–Trinajstić information content (AvgIpc) is 2.25. The zero-order valence-corrected chi connectivity index (χ0v) is 11.9. The summed E-state index contributed by atoms with van der Waals surface area (Å²) >= 11 is 0. The van der Waals surface area contributed by atoms with Gasteiger partial charge in [-0.25, -0.2) is 0 Å². The molecule has 0 aliphatic heterocycles. The van der Waals surface area contributed by atoms with Crippen LogP contribution in [0.15, 0.2) is 0 Å². The van der Waals surface area contributed by atoms with Gasteiger partial charge in [0.25, 0.3) is 0 Å². The molecule has 0 heterocycles. The summed E-state index contributed by atoms with van der Waals surface area (Å²) in [5.41, 5.74) is 6.21. The molecular formula is C13H29N3O. The molecule has 1 aliphatic rings. The van der Waals surface area contributed by atoms with Crippen LogP contribution in [0.2, 0.25) is 0 Å². The molecule has 0 spiro atoms. The van der Waals surface area contributed by atoms with Crippen LogP contribution in [-0.4, -0.2) is 68.8 Å². The number of hydrogen-bond acceptors (Lipinski definition) is 4. The van der Waals surface area contributed by atoms with Gasteiger partial charge in [0.05, 0.1) is 6.10 Å². The summed E-state index contributed by atoms with van der Waals surface area (Å²) in [4.78, 5) is 4.81. The summed E-state index contributed by atoms with van der Waals surface area (Å²) in [5, 5.41) is 0. The van der Waals surface area contributed by atoms with Gasteiger partial charge < -0.3 is 15.4 Å². The molecule has 0 bridgehead atoms. The van der Waals surface area contributed by atoms with Crippen molar-refractivity contribution in [3.05, 3.63) is 0 Å². The lowest BCUT2D eigenvalue weighted by Gasteiger charge is -2.53. The quantitative estimate of drug-likeness (QED) is 0.683. The van der Waals surface area contributed by atoms with Crippen LogP contribution >= 0.6 is 0 Å². The molecule has 4 nitrogen and oxygen atoms in total. The lowest BCUT2D eigenvalue weighted by Crippen LogP contribution is -2.64. The number of hydrogen-bond donors (Lipinski definition) is 1.